The molecule has 4 N–H and O–H groups in total. The summed E-state index contributed by atoms with van der Waals surface area (Å²) in [6.45, 7) is 3.08. The van der Waals surface area contributed by atoms with E-state index in [9.17, 15) is 14.4 Å². The third kappa shape index (κ3) is 8.28. The van der Waals surface area contributed by atoms with E-state index >= 15 is 0 Å². The van der Waals surface area contributed by atoms with Crippen molar-refractivity contribution >= 4 is 34.8 Å². The number of methoxy groups -OCH3 is 1. The molecule has 0 aromatic heterocycles. The third-order valence-electron chi connectivity index (χ3n) is 5.10. The van der Waals surface area contributed by atoms with E-state index < -0.39 is 0 Å². The summed E-state index contributed by atoms with van der Waals surface area (Å²) in [6, 6.07) is 21.2. The predicted molar refractivity (Wildman–Crippen MR) is 138 cm³/mol. The lowest BCUT2D eigenvalue weighted by Crippen LogP contribution is -2.25. The quantitative estimate of drug-likeness (QED) is 0.314. The Hall–Kier alpha value is -4.17. The van der Waals surface area contributed by atoms with Gasteiger partial charge in [0.25, 0.3) is 11.8 Å². The minimum absolute atomic E-state index is 0.0325. The first-order valence-electron chi connectivity index (χ1n) is 11.3. The maximum Gasteiger partial charge on any atom is 0.255 e. The number of ether oxygens (including phenoxy) is 1. The molecule has 3 amide bonds. The van der Waals surface area contributed by atoms with Crippen molar-refractivity contribution in [1.29, 1.82) is 0 Å². The summed E-state index contributed by atoms with van der Waals surface area (Å²) < 4.78 is 4.97. The molecule has 8 nitrogen and oxygen atoms in total. The molecule has 3 aromatic carbocycles. The summed E-state index contributed by atoms with van der Waals surface area (Å²) in [4.78, 5) is 37.0. The van der Waals surface area contributed by atoms with Gasteiger partial charge in [-0.15, -0.1) is 0 Å². The van der Waals surface area contributed by atoms with Gasteiger partial charge in [-0.05, 0) is 67.9 Å². The maximum atomic E-state index is 12.4. The molecule has 0 aliphatic rings. The molecule has 0 radical (unpaired) electrons. The first kappa shape index (κ1) is 25.5. The van der Waals surface area contributed by atoms with Crippen LogP contribution in [0.4, 0.5) is 17.1 Å². The molecule has 0 aliphatic heterocycles. The number of rotatable bonds is 11. The largest absolute Gasteiger partial charge is 0.385 e. The second-order valence-corrected chi connectivity index (χ2v) is 7.99. The zero-order valence-electron chi connectivity index (χ0n) is 19.9. The Bertz CT molecular complexity index is 1160. The Morgan fingerprint density at radius 2 is 1.43 bits per heavy atom. The van der Waals surface area contributed by atoms with Crippen LogP contribution >= 0.6 is 0 Å². The molecule has 182 valence electrons. The molecule has 3 rings (SSSR count). The van der Waals surface area contributed by atoms with Crippen LogP contribution in [0.5, 0.6) is 0 Å². The number of anilines is 3. The maximum absolute atomic E-state index is 12.4. The minimum Gasteiger partial charge on any atom is -0.385 e. The standard InChI is InChI=1S/C27H30N4O4/c1-19-6-3-7-20(16-19)27(34)31-23-12-10-22(11-13-23)30-25(32)18-29-24-9-4-8-21(17-24)26(33)28-14-5-15-35-2/h3-4,6-13,16-17,29H,5,14-15,18H2,1-2H3,(H,28,33)(H,30,32)(H,31,34). The van der Waals surface area contributed by atoms with Crippen LogP contribution in [0, 0.1) is 6.92 Å². The van der Waals surface area contributed by atoms with E-state index in [2.05, 4.69) is 21.3 Å². The Balaban J connectivity index is 1.46. The van der Waals surface area contributed by atoms with Crippen molar-refractivity contribution in [2.75, 3.05) is 42.8 Å². The average Bonchev–Trinajstić information content (AvgIpc) is 2.86. The molecule has 0 aliphatic carbocycles. The summed E-state index contributed by atoms with van der Waals surface area (Å²) in [5.41, 5.74) is 4.01. The van der Waals surface area contributed by atoms with Crippen LogP contribution in [0.15, 0.2) is 72.8 Å². The SMILES string of the molecule is COCCCNC(=O)c1cccc(NCC(=O)Nc2ccc(NC(=O)c3cccc(C)c3)cc2)c1. The van der Waals surface area contributed by atoms with Gasteiger partial charge < -0.3 is 26.0 Å². The first-order valence-corrected chi connectivity index (χ1v) is 11.3. The van der Waals surface area contributed by atoms with E-state index in [0.717, 1.165) is 12.0 Å². The lowest BCUT2D eigenvalue weighted by Gasteiger charge is -2.11. The predicted octanol–water partition coefficient (Wildman–Crippen LogP) is 4.06. The summed E-state index contributed by atoms with van der Waals surface area (Å²) in [6.07, 6.45) is 0.737. The van der Waals surface area contributed by atoms with E-state index in [0.29, 0.717) is 41.3 Å². The van der Waals surface area contributed by atoms with Crippen LogP contribution in [0.25, 0.3) is 0 Å². The Morgan fingerprint density at radius 3 is 2.11 bits per heavy atom. The molecule has 8 heteroatoms. The molecular formula is C27H30N4O4. The van der Waals surface area contributed by atoms with Crippen LogP contribution in [-0.4, -0.2) is 44.5 Å². The van der Waals surface area contributed by atoms with Crippen LogP contribution in [-0.2, 0) is 9.53 Å². The molecule has 0 heterocycles. The zero-order valence-corrected chi connectivity index (χ0v) is 19.9. The van der Waals surface area contributed by atoms with Gasteiger partial charge in [0.1, 0.15) is 0 Å². The van der Waals surface area contributed by atoms with Crippen molar-refractivity contribution in [3.8, 4) is 0 Å². The van der Waals surface area contributed by atoms with E-state index in [4.69, 9.17) is 4.74 Å². The highest BCUT2D eigenvalue weighted by molar-refractivity contribution is 6.04. The highest BCUT2D eigenvalue weighted by atomic mass is 16.5. The molecular weight excluding hydrogens is 444 g/mol. The van der Waals surface area contributed by atoms with Gasteiger partial charge in [-0.1, -0.05) is 23.8 Å². The lowest BCUT2D eigenvalue weighted by atomic mass is 10.1. The molecule has 35 heavy (non-hydrogen) atoms. The van der Waals surface area contributed by atoms with E-state index in [1.165, 1.54) is 0 Å². The van der Waals surface area contributed by atoms with Gasteiger partial charge >= 0.3 is 0 Å². The number of amides is 3. The smallest absolute Gasteiger partial charge is 0.255 e. The van der Waals surface area contributed by atoms with Gasteiger partial charge in [0.15, 0.2) is 0 Å². The number of benzene rings is 3. The fraction of sp³-hybridized carbons (Fsp3) is 0.222. The van der Waals surface area contributed by atoms with Gasteiger partial charge in [-0.25, -0.2) is 0 Å². The monoisotopic (exact) mass is 474 g/mol. The normalized spacial score (nSPS) is 10.3. The summed E-state index contributed by atoms with van der Waals surface area (Å²) >= 11 is 0. The summed E-state index contributed by atoms with van der Waals surface area (Å²) in [5.74, 6) is -0.611. The molecule has 0 spiro atoms. The zero-order chi connectivity index (χ0) is 25.0. The van der Waals surface area contributed by atoms with Crippen LogP contribution in [0.1, 0.15) is 32.7 Å². The fourth-order valence-electron chi connectivity index (χ4n) is 3.30. The highest BCUT2D eigenvalue weighted by Crippen LogP contribution is 2.16. The highest BCUT2D eigenvalue weighted by Gasteiger charge is 2.09. The number of aryl methyl sites for hydroxylation is 1. The second kappa shape index (κ2) is 12.9. The van der Waals surface area contributed by atoms with E-state index in [1.54, 1.807) is 61.7 Å². The fourth-order valence-corrected chi connectivity index (χ4v) is 3.30. The molecule has 0 saturated carbocycles. The van der Waals surface area contributed by atoms with Crippen LogP contribution in [0.3, 0.4) is 0 Å². The third-order valence-corrected chi connectivity index (χ3v) is 5.10. The molecule has 0 bridgehead atoms. The first-order chi connectivity index (χ1) is 16.9. The Labute approximate surface area is 205 Å². The van der Waals surface area contributed by atoms with Crippen LogP contribution in [0.2, 0.25) is 0 Å². The van der Waals surface area contributed by atoms with E-state index in [-0.39, 0.29) is 24.3 Å². The van der Waals surface area contributed by atoms with Crippen molar-refractivity contribution in [3.63, 3.8) is 0 Å². The Morgan fingerprint density at radius 1 is 0.771 bits per heavy atom. The molecule has 0 atom stereocenters. The van der Waals surface area contributed by atoms with Gasteiger partial charge in [0, 0.05) is 48.5 Å². The number of hydrogen-bond acceptors (Lipinski definition) is 5. The van der Waals surface area contributed by atoms with Crippen molar-refractivity contribution in [2.24, 2.45) is 0 Å². The number of carbonyl (C=O) groups excluding carboxylic acids is 3. The second-order valence-electron chi connectivity index (χ2n) is 7.99. The summed E-state index contributed by atoms with van der Waals surface area (Å²) in [7, 11) is 1.62. The Kier molecular flexibility index (Phi) is 9.39. The van der Waals surface area contributed by atoms with Gasteiger partial charge in [-0.2, -0.15) is 0 Å². The summed E-state index contributed by atoms with van der Waals surface area (Å²) in [5, 5.41) is 11.5. The van der Waals surface area contributed by atoms with E-state index in [1.807, 2.05) is 25.1 Å². The van der Waals surface area contributed by atoms with Gasteiger partial charge in [-0.3, -0.25) is 14.4 Å². The molecule has 3 aromatic rings. The van der Waals surface area contributed by atoms with Crippen molar-refractivity contribution in [2.45, 2.75) is 13.3 Å². The number of carbonyl (C=O) groups is 3. The van der Waals surface area contributed by atoms with Crippen molar-refractivity contribution in [1.82, 2.24) is 5.32 Å². The molecule has 0 fully saturated rings. The number of nitrogens with one attached hydrogen (secondary N) is 4. The van der Waals surface area contributed by atoms with Crippen LogP contribution < -0.4 is 21.3 Å². The molecule has 0 saturated heterocycles. The minimum atomic E-state index is -0.240. The lowest BCUT2D eigenvalue weighted by molar-refractivity contribution is -0.114. The van der Waals surface area contributed by atoms with Crippen molar-refractivity contribution < 1.29 is 19.1 Å². The van der Waals surface area contributed by atoms with Gasteiger partial charge in [0.2, 0.25) is 5.91 Å². The average molecular weight is 475 g/mol. The molecule has 0 unspecified atom stereocenters. The number of hydrogen-bond donors (Lipinski definition) is 4. The topological polar surface area (TPSA) is 109 Å². The van der Waals surface area contributed by atoms with Gasteiger partial charge in [0.05, 0.1) is 6.54 Å². The van der Waals surface area contributed by atoms with Crippen molar-refractivity contribution in [3.05, 3.63) is 89.5 Å².